The number of phenols is 1. The number of hydrogen-bond acceptors (Lipinski definition) is 5. The predicted octanol–water partition coefficient (Wildman–Crippen LogP) is -0.289. The molecular formula is C11H16N2O4. The van der Waals surface area contributed by atoms with Crippen LogP contribution in [0.1, 0.15) is 10.4 Å². The largest absolute Gasteiger partial charge is 0.505 e. The molecule has 17 heavy (non-hydrogen) atoms. The fraction of sp³-hybridized carbons (Fsp3) is 0.364. The lowest BCUT2D eigenvalue weighted by Crippen LogP contribution is -2.40. The molecule has 5 N–H and O–H groups in total. The van der Waals surface area contributed by atoms with Crippen LogP contribution in [0.4, 0.5) is 5.69 Å². The van der Waals surface area contributed by atoms with Crippen molar-refractivity contribution in [2.24, 2.45) is 0 Å². The molecule has 0 saturated carbocycles. The Morgan fingerprint density at radius 3 is 2.88 bits per heavy atom. The van der Waals surface area contributed by atoms with Gasteiger partial charge in [-0.05, 0) is 12.1 Å². The molecule has 0 aliphatic carbocycles. The molecule has 0 aromatic heterocycles. The molecule has 0 heterocycles. The van der Waals surface area contributed by atoms with Crippen molar-refractivity contribution in [2.75, 3.05) is 26.1 Å². The lowest BCUT2D eigenvalue weighted by molar-refractivity contribution is 0.0837. The predicted molar refractivity (Wildman–Crippen MR) is 62.7 cm³/mol. The number of ether oxygens (including phenoxy) is 1. The van der Waals surface area contributed by atoms with E-state index in [4.69, 9.17) is 15.6 Å². The van der Waals surface area contributed by atoms with Crippen molar-refractivity contribution < 1.29 is 19.7 Å². The standard InChI is InChI=1S/C11H16N2O4/c1-17-6-7(5-14)13-11(16)8-3-2-4-9(12)10(8)15/h2-4,7,14-15H,5-6,12H2,1H3,(H,13,16). The monoisotopic (exact) mass is 240 g/mol. The zero-order valence-electron chi connectivity index (χ0n) is 9.51. The molecule has 0 aliphatic heterocycles. The van der Waals surface area contributed by atoms with Gasteiger partial charge in [0.05, 0.1) is 30.5 Å². The number of benzene rings is 1. The molecule has 1 rings (SSSR count). The molecule has 6 heteroatoms. The highest BCUT2D eigenvalue weighted by atomic mass is 16.5. The molecule has 0 radical (unpaired) electrons. The Hall–Kier alpha value is -1.79. The first-order chi connectivity index (χ1) is 8.10. The van der Waals surface area contributed by atoms with Gasteiger partial charge in [-0.3, -0.25) is 4.79 Å². The average molecular weight is 240 g/mol. The van der Waals surface area contributed by atoms with Gasteiger partial charge in [-0.25, -0.2) is 0 Å². The fourth-order valence-electron chi connectivity index (χ4n) is 1.35. The number of amides is 1. The van der Waals surface area contributed by atoms with E-state index in [1.807, 2.05) is 0 Å². The maximum absolute atomic E-state index is 11.8. The molecule has 1 aromatic rings. The molecule has 0 fully saturated rings. The summed E-state index contributed by atoms with van der Waals surface area (Å²) in [4.78, 5) is 11.8. The van der Waals surface area contributed by atoms with E-state index in [9.17, 15) is 9.90 Å². The Labute approximate surface area is 99.0 Å². The van der Waals surface area contributed by atoms with Crippen molar-refractivity contribution in [3.05, 3.63) is 23.8 Å². The van der Waals surface area contributed by atoms with Gasteiger partial charge < -0.3 is 26.0 Å². The van der Waals surface area contributed by atoms with E-state index in [1.54, 1.807) is 6.07 Å². The number of methoxy groups -OCH3 is 1. The summed E-state index contributed by atoms with van der Waals surface area (Å²) in [5.41, 5.74) is 5.67. The van der Waals surface area contributed by atoms with Crippen molar-refractivity contribution in [3.8, 4) is 5.75 Å². The Morgan fingerprint density at radius 2 is 2.29 bits per heavy atom. The highest BCUT2D eigenvalue weighted by molar-refractivity contribution is 5.98. The first-order valence-electron chi connectivity index (χ1n) is 5.08. The smallest absolute Gasteiger partial charge is 0.255 e. The number of nitrogen functional groups attached to an aromatic ring is 1. The van der Waals surface area contributed by atoms with E-state index in [0.717, 1.165) is 0 Å². The maximum atomic E-state index is 11.8. The summed E-state index contributed by atoms with van der Waals surface area (Å²) >= 11 is 0. The van der Waals surface area contributed by atoms with Gasteiger partial charge in [0.15, 0.2) is 5.75 Å². The molecule has 94 valence electrons. The molecule has 1 unspecified atom stereocenters. The summed E-state index contributed by atoms with van der Waals surface area (Å²) in [6, 6.07) is 3.98. The number of rotatable bonds is 5. The van der Waals surface area contributed by atoms with Crippen molar-refractivity contribution in [3.63, 3.8) is 0 Å². The van der Waals surface area contributed by atoms with Crippen LogP contribution in [0.3, 0.4) is 0 Å². The Morgan fingerprint density at radius 1 is 1.59 bits per heavy atom. The minimum atomic E-state index is -0.520. The van der Waals surface area contributed by atoms with E-state index in [1.165, 1.54) is 19.2 Å². The molecule has 6 nitrogen and oxygen atoms in total. The Balaban J connectivity index is 2.79. The van der Waals surface area contributed by atoms with Gasteiger partial charge in [-0.2, -0.15) is 0 Å². The second-order valence-corrected chi connectivity index (χ2v) is 3.55. The summed E-state index contributed by atoms with van der Waals surface area (Å²) in [6.45, 7) is -0.0615. The number of carbonyl (C=O) groups is 1. The number of anilines is 1. The van der Waals surface area contributed by atoms with Gasteiger partial charge in [-0.1, -0.05) is 6.07 Å². The number of carbonyl (C=O) groups excluding carboxylic acids is 1. The second-order valence-electron chi connectivity index (χ2n) is 3.55. The summed E-state index contributed by atoms with van der Waals surface area (Å²) in [7, 11) is 1.47. The molecular weight excluding hydrogens is 224 g/mol. The number of phenolic OH excluding ortho intramolecular Hbond substituents is 1. The number of nitrogens with one attached hydrogen (secondary N) is 1. The molecule has 0 saturated heterocycles. The summed E-state index contributed by atoms with van der Waals surface area (Å²) in [5, 5.41) is 21.1. The highest BCUT2D eigenvalue weighted by Gasteiger charge is 2.16. The van der Waals surface area contributed by atoms with Crippen molar-refractivity contribution in [1.82, 2.24) is 5.32 Å². The summed E-state index contributed by atoms with van der Waals surface area (Å²) in [5.74, 6) is -0.773. The average Bonchev–Trinajstić information content (AvgIpc) is 2.31. The van der Waals surface area contributed by atoms with Crippen LogP contribution in [0, 0.1) is 0 Å². The zero-order chi connectivity index (χ0) is 12.8. The van der Waals surface area contributed by atoms with E-state index < -0.39 is 11.9 Å². The number of hydrogen-bond donors (Lipinski definition) is 4. The van der Waals surface area contributed by atoms with Crippen molar-refractivity contribution >= 4 is 11.6 Å². The van der Waals surface area contributed by atoms with Crippen LogP contribution in [0.2, 0.25) is 0 Å². The molecule has 0 spiro atoms. The van der Waals surface area contributed by atoms with E-state index in [0.29, 0.717) is 0 Å². The van der Waals surface area contributed by atoms with Crippen LogP contribution in [0.5, 0.6) is 5.75 Å². The number of aliphatic hydroxyl groups excluding tert-OH is 1. The Kier molecular flexibility index (Phi) is 4.74. The third-order valence-corrected chi connectivity index (χ3v) is 2.24. The minimum Gasteiger partial charge on any atom is -0.505 e. The van der Waals surface area contributed by atoms with Crippen LogP contribution >= 0.6 is 0 Å². The quantitative estimate of drug-likeness (QED) is 0.418. The number of aromatic hydroxyl groups is 1. The van der Waals surface area contributed by atoms with Crippen LogP contribution in [0.25, 0.3) is 0 Å². The van der Waals surface area contributed by atoms with Crippen molar-refractivity contribution in [2.45, 2.75) is 6.04 Å². The Bertz CT molecular complexity index is 395. The van der Waals surface area contributed by atoms with Gasteiger partial charge in [0.2, 0.25) is 0 Å². The van der Waals surface area contributed by atoms with Crippen LogP contribution < -0.4 is 11.1 Å². The van der Waals surface area contributed by atoms with Gasteiger partial charge in [0, 0.05) is 7.11 Å². The first-order valence-corrected chi connectivity index (χ1v) is 5.08. The van der Waals surface area contributed by atoms with E-state index in [-0.39, 0.29) is 30.2 Å². The van der Waals surface area contributed by atoms with Gasteiger partial charge in [-0.15, -0.1) is 0 Å². The van der Waals surface area contributed by atoms with Crippen molar-refractivity contribution in [1.29, 1.82) is 0 Å². The maximum Gasteiger partial charge on any atom is 0.255 e. The number of para-hydroxylation sites is 1. The first kappa shape index (κ1) is 13.3. The van der Waals surface area contributed by atoms with Crippen LogP contribution in [-0.2, 0) is 4.74 Å². The molecule has 0 bridgehead atoms. The summed E-state index contributed by atoms with van der Waals surface area (Å²) < 4.78 is 4.82. The third kappa shape index (κ3) is 3.33. The third-order valence-electron chi connectivity index (χ3n) is 2.24. The van der Waals surface area contributed by atoms with Gasteiger partial charge in [0.1, 0.15) is 0 Å². The van der Waals surface area contributed by atoms with E-state index in [2.05, 4.69) is 5.32 Å². The van der Waals surface area contributed by atoms with Gasteiger partial charge in [0.25, 0.3) is 5.91 Å². The fourth-order valence-corrected chi connectivity index (χ4v) is 1.35. The SMILES string of the molecule is COCC(CO)NC(=O)c1cccc(N)c1O. The van der Waals surface area contributed by atoms with E-state index >= 15 is 0 Å². The number of nitrogens with two attached hydrogens (primary N) is 1. The minimum absolute atomic E-state index is 0.0690. The molecule has 1 atom stereocenters. The molecule has 1 aromatic carbocycles. The normalized spacial score (nSPS) is 12.1. The number of aliphatic hydroxyl groups is 1. The molecule has 1 amide bonds. The lowest BCUT2D eigenvalue weighted by atomic mass is 10.1. The lowest BCUT2D eigenvalue weighted by Gasteiger charge is -2.15. The summed E-state index contributed by atoms with van der Waals surface area (Å²) in [6.07, 6.45) is 0. The second kappa shape index (κ2) is 6.07. The van der Waals surface area contributed by atoms with Crippen LogP contribution in [0.15, 0.2) is 18.2 Å². The van der Waals surface area contributed by atoms with Crippen LogP contribution in [-0.4, -0.2) is 42.5 Å². The topological polar surface area (TPSA) is 105 Å². The zero-order valence-corrected chi connectivity index (χ0v) is 9.51. The molecule has 0 aliphatic rings. The van der Waals surface area contributed by atoms with Gasteiger partial charge >= 0.3 is 0 Å². The highest BCUT2D eigenvalue weighted by Crippen LogP contribution is 2.24.